The first-order valence-corrected chi connectivity index (χ1v) is 12.9. The maximum absolute atomic E-state index is 13.9. The van der Waals surface area contributed by atoms with Crippen LogP contribution < -0.4 is 4.74 Å². The van der Waals surface area contributed by atoms with E-state index in [0.29, 0.717) is 47.6 Å². The smallest absolute Gasteiger partial charge is 0.261 e. The number of likely N-dealkylation sites (tertiary alicyclic amines) is 1. The summed E-state index contributed by atoms with van der Waals surface area (Å²) >= 11 is 0. The molecule has 2 amide bonds. The number of ether oxygens (including phenoxy) is 1. The standard InChI is InChI=1S/C28H26N2O6/c31-19-8-7-17-20-22(19)36-24-18(30-25(33)15-3-1-2-4-16(15)26(30)34)9-10-28(35)23(21(17)32)29(13-14-5-6-14)12-11-27(20,24)28/h1-4,7-8,14,18,23-24,31,35H,5-6,9-13H2/t18-,23-,24+,27+,28?/m1/s1. The number of imide groups is 1. The molecule has 6 aliphatic rings. The van der Waals surface area contributed by atoms with E-state index in [1.54, 1.807) is 30.3 Å². The Morgan fingerprint density at radius 1 is 0.944 bits per heavy atom. The Bertz CT molecular complexity index is 1370. The lowest BCUT2D eigenvalue weighted by Gasteiger charge is -2.63. The van der Waals surface area contributed by atoms with Gasteiger partial charge in [-0.15, -0.1) is 0 Å². The summed E-state index contributed by atoms with van der Waals surface area (Å²) in [6, 6.07) is 8.59. The van der Waals surface area contributed by atoms with Crippen molar-refractivity contribution in [2.45, 2.75) is 61.3 Å². The number of ketones is 1. The minimum atomic E-state index is -1.41. The third-order valence-electron chi connectivity index (χ3n) is 9.73. The zero-order chi connectivity index (χ0) is 24.6. The van der Waals surface area contributed by atoms with Gasteiger partial charge >= 0.3 is 0 Å². The Kier molecular flexibility index (Phi) is 3.80. The lowest BCUT2D eigenvalue weighted by molar-refractivity contribution is -0.182. The molecule has 3 fully saturated rings. The van der Waals surface area contributed by atoms with Crippen molar-refractivity contribution in [1.82, 2.24) is 9.80 Å². The molecule has 3 heterocycles. The van der Waals surface area contributed by atoms with E-state index in [2.05, 4.69) is 4.90 Å². The number of benzene rings is 2. The molecule has 3 aliphatic heterocycles. The van der Waals surface area contributed by atoms with Gasteiger partial charge in [0, 0.05) is 24.2 Å². The summed E-state index contributed by atoms with van der Waals surface area (Å²) in [7, 11) is 0. The number of rotatable bonds is 3. The molecule has 36 heavy (non-hydrogen) atoms. The Morgan fingerprint density at radius 2 is 1.67 bits per heavy atom. The molecule has 1 unspecified atom stereocenters. The second-order valence-corrected chi connectivity index (χ2v) is 11.4. The molecule has 2 bridgehead atoms. The number of piperidine rings is 1. The van der Waals surface area contributed by atoms with Crippen molar-refractivity contribution in [3.05, 3.63) is 58.7 Å². The molecule has 8 rings (SSSR count). The predicted molar refractivity (Wildman–Crippen MR) is 126 cm³/mol. The van der Waals surface area contributed by atoms with Gasteiger partial charge in [-0.05, 0) is 62.3 Å². The number of fused-ring (bicyclic) bond motifs is 1. The first-order chi connectivity index (χ1) is 17.4. The first-order valence-electron chi connectivity index (χ1n) is 12.9. The summed E-state index contributed by atoms with van der Waals surface area (Å²) in [5, 5.41) is 23.3. The van der Waals surface area contributed by atoms with Gasteiger partial charge in [-0.25, -0.2) is 0 Å². The van der Waals surface area contributed by atoms with Gasteiger partial charge < -0.3 is 14.9 Å². The maximum Gasteiger partial charge on any atom is 0.261 e. The van der Waals surface area contributed by atoms with Crippen LogP contribution >= 0.6 is 0 Å². The zero-order valence-corrected chi connectivity index (χ0v) is 19.6. The highest BCUT2D eigenvalue weighted by Crippen LogP contribution is 2.66. The van der Waals surface area contributed by atoms with E-state index in [-0.39, 0.29) is 35.5 Å². The van der Waals surface area contributed by atoms with Crippen LogP contribution in [0.5, 0.6) is 11.5 Å². The number of aliphatic hydroxyl groups is 1. The predicted octanol–water partition coefficient (Wildman–Crippen LogP) is 2.26. The van der Waals surface area contributed by atoms with Crippen molar-refractivity contribution in [1.29, 1.82) is 0 Å². The van der Waals surface area contributed by atoms with E-state index in [9.17, 15) is 24.6 Å². The van der Waals surface area contributed by atoms with E-state index >= 15 is 0 Å². The molecule has 2 aromatic carbocycles. The molecule has 8 heteroatoms. The fourth-order valence-corrected chi connectivity index (χ4v) is 8.07. The van der Waals surface area contributed by atoms with E-state index in [1.165, 1.54) is 11.0 Å². The number of Topliss-reactive ketones (excluding diaryl/α,β-unsaturated/α-hetero) is 1. The molecular formula is C28H26N2O6. The molecule has 1 saturated heterocycles. The minimum Gasteiger partial charge on any atom is -0.504 e. The van der Waals surface area contributed by atoms with E-state index in [4.69, 9.17) is 4.74 Å². The summed E-state index contributed by atoms with van der Waals surface area (Å²) in [5.74, 6) is -0.178. The van der Waals surface area contributed by atoms with Crippen LogP contribution in [0.25, 0.3) is 0 Å². The first kappa shape index (κ1) is 20.9. The Morgan fingerprint density at radius 3 is 2.36 bits per heavy atom. The van der Waals surface area contributed by atoms with Crippen LogP contribution in [0.2, 0.25) is 0 Å². The highest BCUT2D eigenvalue weighted by atomic mass is 16.5. The molecule has 1 spiro atoms. The van der Waals surface area contributed by atoms with Crippen LogP contribution in [-0.2, 0) is 5.41 Å². The summed E-state index contributed by atoms with van der Waals surface area (Å²) in [5.41, 5.74) is -0.630. The van der Waals surface area contributed by atoms with E-state index in [0.717, 1.165) is 19.4 Å². The van der Waals surface area contributed by atoms with Crippen molar-refractivity contribution in [3.8, 4) is 11.5 Å². The quantitative estimate of drug-likeness (QED) is 0.641. The van der Waals surface area contributed by atoms with Gasteiger partial charge in [0.1, 0.15) is 17.7 Å². The minimum absolute atomic E-state index is 0.0901. The van der Waals surface area contributed by atoms with Crippen LogP contribution in [0.3, 0.4) is 0 Å². The zero-order valence-electron chi connectivity index (χ0n) is 19.6. The van der Waals surface area contributed by atoms with Crippen LogP contribution in [0, 0.1) is 5.92 Å². The van der Waals surface area contributed by atoms with Crippen LogP contribution in [0.4, 0.5) is 0 Å². The third-order valence-corrected chi connectivity index (χ3v) is 9.73. The second kappa shape index (κ2) is 6.55. The van der Waals surface area contributed by atoms with Crippen molar-refractivity contribution in [3.63, 3.8) is 0 Å². The Hall–Kier alpha value is -3.23. The van der Waals surface area contributed by atoms with Gasteiger partial charge in [0.25, 0.3) is 11.8 Å². The van der Waals surface area contributed by atoms with Gasteiger partial charge in [-0.2, -0.15) is 0 Å². The maximum atomic E-state index is 13.9. The SMILES string of the molecule is O=C1c2ccc(O)c3c2[C@]24CCN(CC5CC5)[C@H]1C2(O)CC[C@@H](N1C(=O)c2ccccc2C1=O)[C@@H]4O3. The number of carbonyl (C=O) groups excluding carboxylic acids is 3. The lowest BCUT2D eigenvalue weighted by Crippen LogP contribution is -2.79. The van der Waals surface area contributed by atoms with Gasteiger partial charge in [-0.3, -0.25) is 24.2 Å². The largest absolute Gasteiger partial charge is 0.504 e. The highest BCUT2D eigenvalue weighted by molar-refractivity contribution is 6.21. The number of phenolic OH excluding ortho intramolecular Hbond substituents is 1. The second-order valence-electron chi connectivity index (χ2n) is 11.4. The average Bonchev–Trinajstić information content (AvgIpc) is 3.56. The van der Waals surface area contributed by atoms with Gasteiger partial charge in [0.2, 0.25) is 0 Å². The fraction of sp³-hybridized carbons (Fsp3) is 0.464. The number of hydrogen-bond acceptors (Lipinski definition) is 7. The molecule has 5 atom stereocenters. The number of carbonyl (C=O) groups is 3. The molecule has 0 aromatic heterocycles. The topological polar surface area (TPSA) is 107 Å². The van der Waals surface area contributed by atoms with Gasteiger partial charge in [-0.1, -0.05) is 12.1 Å². The fourth-order valence-electron chi connectivity index (χ4n) is 8.07. The number of hydrogen-bond donors (Lipinski definition) is 2. The molecule has 8 nitrogen and oxygen atoms in total. The van der Waals surface area contributed by atoms with Crippen molar-refractivity contribution in [2.24, 2.45) is 5.92 Å². The van der Waals surface area contributed by atoms with Crippen LogP contribution in [0.15, 0.2) is 36.4 Å². The Balaban J connectivity index is 1.30. The molecule has 2 aromatic rings. The number of phenols is 1. The molecule has 2 saturated carbocycles. The van der Waals surface area contributed by atoms with Gasteiger partial charge in [0.15, 0.2) is 17.3 Å². The molecule has 184 valence electrons. The number of amides is 2. The van der Waals surface area contributed by atoms with Gasteiger partial charge in [0.05, 0.1) is 22.6 Å². The summed E-state index contributed by atoms with van der Waals surface area (Å²) in [4.78, 5) is 44.3. The van der Waals surface area contributed by atoms with Crippen LogP contribution in [0.1, 0.15) is 68.7 Å². The summed E-state index contributed by atoms with van der Waals surface area (Å²) < 4.78 is 6.45. The van der Waals surface area contributed by atoms with Crippen molar-refractivity contribution in [2.75, 3.05) is 13.1 Å². The molecule has 2 N–H and O–H groups in total. The highest BCUT2D eigenvalue weighted by Gasteiger charge is 2.76. The summed E-state index contributed by atoms with van der Waals surface area (Å²) in [6.45, 7) is 1.39. The molecular weight excluding hydrogens is 460 g/mol. The number of aromatic hydroxyl groups is 1. The average molecular weight is 487 g/mol. The van der Waals surface area contributed by atoms with E-state index in [1.807, 2.05) is 0 Å². The Labute approximate surface area is 207 Å². The normalized spacial score (nSPS) is 36.1. The molecule has 3 aliphatic carbocycles. The third kappa shape index (κ3) is 2.22. The van der Waals surface area contributed by atoms with E-state index < -0.39 is 29.2 Å². The monoisotopic (exact) mass is 486 g/mol. The summed E-state index contributed by atoms with van der Waals surface area (Å²) in [6.07, 6.45) is 2.63. The van der Waals surface area contributed by atoms with Crippen molar-refractivity contribution < 1.29 is 29.3 Å². The van der Waals surface area contributed by atoms with Crippen LogP contribution in [-0.4, -0.2) is 74.5 Å². The lowest BCUT2D eigenvalue weighted by atomic mass is 9.48. The molecule has 0 radical (unpaired) electrons. The number of nitrogens with zero attached hydrogens (tertiary/aromatic N) is 2. The van der Waals surface area contributed by atoms with Crippen molar-refractivity contribution >= 4 is 17.6 Å².